The van der Waals surface area contributed by atoms with Crippen LogP contribution in [0.4, 0.5) is 0 Å². The summed E-state index contributed by atoms with van der Waals surface area (Å²) in [6.45, 7) is 8.97. The van der Waals surface area contributed by atoms with Crippen LogP contribution in [-0.4, -0.2) is 37.1 Å². The van der Waals surface area contributed by atoms with Crippen LogP contribution in [0.15, 0.2) is 11.4 Å². The summed E-state index contributed by atoms with van der Waals surface area (Å²) in [5.41, 5.74) is 7.66. The van der Waals surface area contributed by atoms with Gasteiger partial charge in [-0.05, 0) is 37.3 Å². The van der Waals surface area contributed by atoms with E-state index in [2.05, 4.69) is 35.5 Å². The van der Waals surface area contributed by atoms with Gasteiger partial charge in [-0.2, -0.15) is 0 Å². The summed E-state index contributed by atoms with van der Waals surface area (Å²) in [6, 6.07) is 2.93. The molecule has 3 N–H and O–H groups in total. The third-order valence-electron chi connectivity index (χ3n) is 3.61. The van der Waals surface area contributed by atoms with Gasteiger partial charge in [0.25, 0.3) is 0 Å². The molecule has 1 aromatic rings. The Morgan fingerprint density at radius 2 is 2.18 bits per heavy atom. The second-order valence-electron chi connectivity index (χ2n) is 4.95. The number of thiophene rings is 1. The zero-order valence-electron chi connectivity index (χ0n) is 10.8. The average molecular weight is 253 g/mol. The molecule has 1 aliphatic heterocycles. The fraction of sp³-hybridized carbons (Fsp3) is 0.692. The molecule has 0 bridgehead atoms. The van der Waals surface area contributed by atoms with Gasteiger partial charge in [-0.1, -0.05) is 0 Å². The van der Waals surface area contributed by atoms with Crippen LogP contribution >= 0.6 is 11.3 Å². The zero-order valence-corrected chi connectivity index (χ0v) is 11.6. The fourth-order valence-electron chi connectivity index (χ4n) is 2.51. The molecule has 0 radical (unpaired) electrons. The Labute approximate surface area is 108 Å². The molecule has 0 aliphatic carbocycles. The Balaban J connectivity index is 1.89. The predicted octanol–water partition coefficient (Wildman–Crippen LogP) is 1.74. The van der Waals surface area contributed by atoms with E-state index in [1.54, 1.807) is 11.3 Å². The van der Waals surface area contributed by atoms with Crippen molar-refractivity contribution in [1.29, 1.82) is 0 Å². The number of nitrogens with zero attached hydrogens (tertiary/aromatic N) is 1. The number of aryl methyl sites for hydroxylation is 1. The molecule has 1 aromatic heterocycles. The summed E-state index contributed by atoms with van der Waals surface area (Å²) in [5.74, 6) is 0. The summed E-state index contributed by atoms with van der Waals surface area (Å²) < 4.78 is 0. The van der Waals surface area contributed by atoms with Crippen molar-refractivity contribution in [2.45, 2.75) is 32.4 Å². The largest absolute Gasteiger partial charge is 0.323 e. The van der Waals surface area contributed by atoms with Gasteiger partial charge in [0.05, 0.1) is 0 Å². The smallest absolute Gasteiger partial charge is 0.0407 e. The van der Waals surface area contributed by atoms with Crippen molar-refractivity contribution in [1.82, 2.24) is 10.2 Å². The molecule has 2 unspecified atom stereocenters. The Kier molecular flexibility index (Phi) is 4.56. The summed E-state index contributed by atoms with van der Waals surface area (Å²) in [7, 11) is 0. The summed E-state index contributed by atoms with van der Waals surface area (Å²) in [4.78, 5) is 3.89. The second kappa shape index (κ2) is 5.96. The standard InChI is InChI=1S/C13H23N3S/c1-10-3-8-17-13(10)12(14)9-11(2)16-6-4-15-5-7-16/h3,8,11-12,15H,4-7,9,14H2,1-2H3. The Morgan fingerprint density at radius 3 is 2.76 bits per heavy atom. The van der Waals surface area contributed by atoms with Crippen molar-refractivity contribution in [3.63, 3.8) is 0 Å². The predicted molar refractivity (Wildman–Crippen MR) is 74.5 cm³/mol. The molecular weight excluding hydrogens is 230 g/mol. The first-order valence-electron chi connectivity index (χ1n) is 6.43. The molecule has 2 atom stereocenters. The third kappa shape index (κ3) is 3.28. The highest BCUT2D eigenvalue weighted by Crippen LogP contribution is 2.26. The van der Waals surface area contributed by atoms with Crippen molar-refractivity contribution in [3.8, 4) is 0 Å². The fourth-order valence-corrected chi connectivity index (χ4v) is 3.45. The minimum absolute atomic E-state index is 0.194. The number of hydrogen-bond donors (Lipinski definition) is 2. The summed E-state index contributed by atoms with van der Waals surface area (Å²) >= 11 is 1.79. The van der Waals surface area contributed by atoms with E-state index in [1.807, 2.05) is 0 Å². The average Bonchev–Trinajstić information content (AvgIpc) is 2.76. The van der Waals surface area contributed by atoms with Gasteiger partial charge in [-0.15, -0.1) is 11.3 Å². The topological polar surface area (TPSA) is 41.3 Å². The lowest BCUT2D eigenvalue weighted by atomic mass is 10.0. The van der Waals surface area contributed by atoms with Crippen molar-refractivity contribution in [2.24, 2.45) is 5.73 Å². The normalized spacial score (nSPS) is 21.4. The summed E-state index contributed by atoms with van der Waals surface area (Å²) in [5, 5.41) is 5.53. The van der Waals surface area contributed by atoms with Gasteiger partial charge < -0.3 is 11.1 Å². The van der Waals surface area contributed by atoms with E-state index >= 15 is 0 Å². The minimum atomic E-state index is 0.194. The van der Waals surface area contributed by atoms with Crippen molar-refractivity contribution in [2.75, 3.05) is 26.2 Å². The molecule has 0 saturated carbocycles. The molecule has 1 aliphatic rings. The van der Waals surface area contributed by atoms with Crippen LogP contribution in [0.5, 0.6) is 0 Å². The van der Waals surface area contributed by atoms with E-state index in [1.165, 1.54) is 10.4 Å². The van der Waals surface area contributed by atoms with Crippen molar-refractivity contribution in [3.05, 3.63) is 21.9 Å². The summed E-state index contributed by atoms with van der Waals surface area (Å²) in [6.07, 6.45) is 1.06. The molecule has 2 rings (SSSR count). The maximum Gasteiger partial charge on any atom is 0.0407 e. The van der Waals surface area contributed by atoms with Crippen LogP contribution in [0.2, 0.25) is 0 Å². The second-order valence-corrected chi connectivity index (χ2v) is 5.89. The zero-order chi connectivity index (χ0) is 12.3. The van der Waals surface area contributed by atoms with Gasteiger partial charge in [0.1, 0.15) is 0 Å². The molecule has 1 fully saturated rings. The number of nitrogens with one attached hydrogen (secondary N) is 1. The van der Waals surface area contributed by atoms with Crippen molar-refractivity contribution < 1.29 is 0 Å². The van der Waals surface area contributed by atoms with Crippen LogP contribution < -0.4 is 11.1 Å². The van der Waals surface area contributed by atoms with Crippen molar-refractivity contribution >= 4 is 11.3 Å². The van der Waals surface area contributed by atoms with E-state index in [-0.39, 0.29) is 6.04 Å². The van der Waals surface area contributed by atoms with E-state index in [0.29, 0.717) is 6.04 Å². The maximum absolute atomic E-state index is 6.32. The highest BCUT2D eigenvalue weighted by molar-refractivity contribution is 7.10. The number of piperazine rings is 1. The van der Waals surface area contributed by atoms with E-state index in [0.717, 1.165) is 32.6 Å². The maximum atomic E-state index is 6.32. The Morgan fingerprint density at radius 1 is 1.47 bits per heavy atom. The van der Waals surface area contributed by atoms with Gasteiger partial charge in [-0.25, -0.2) is 0 Å². The lowest BCUT2D eigenvalue weighted by Gasteiger charge is -2.34. The molecule has 0 amide bonds. The van der Waals surface area contributed by atoms with Gasteiger partial charge in [-0.3, -0.25) is 4.90 Å². The molecule has 17 heavy (non-hydrogen) atoms. The minimum Gasteiger partial charge on any atom is -0.323 e. The molecule has 4 heteroatoms. The van der Waals surface area contributed by atoms with Gasteiger partial charge >= 0.3 is 0 Å². The molecule has 0 spiro atoms. The highest BCUT2D eigenvalue weighted by Gasteiger charge is 2.20. The van der Waals surface area contributed by atoms with Crippen LogP contribution in [0.3, 0.4) is 0 Å². The van der Waals surface area contributed by atoms with Gasteiger partial charge in [0.2, 0.25) is 0 Å². The molecule has 3 nitrogen and oxygen atoms in total. The first-order valence-corrected chi connectivity index (χ1v) is 7.31. The first-order chi connectivity index (χ1) is 8.18. The van der Waals surface area contributed by atoms with E-state index in [9.17, 15) is 0 Å². The van der Waals surface area contributed by atoms with Crippen LogP contribution in [0.1, 0.15) is 29.8 Å². The first kappa shape index (κ1) is 13.0. The van der Waals surface area contributed by atoms with E-state index in [4.69, 9.17) is 5.73 Å². The number of rotatable bonds is 4. The highest BCUT2D eigenvalue weighted by atomic mass is 32.1. The Hall–Kier alpha value is -0.420. The van der Waals surface area contributed by atoms with Crippen LogP contribution in [-0.2, 0) is 0 Å². The molecular formula is C13H23N3S. The quantitative estimate of drug-likeness (QED) is 0.859. The lowest BCUT2D eigenvalue weighted by molar-refractivity contribution is 0.170. The van der Waals surface area contributed by atoms with Crippen LogP contribution in [0.25, 0.3) is 0 Å². The van der Waals surface area contributed by atoms with Gasteiger partial charge in [0.15, 0.2) is 0 Å². The number of nitrogens with two attached hydrogens (primary N) is 1. The Bertz CT molecular complexity index is 344. The SMILES string of the molecule is Cc1ccsc1C(N)CC(C)N1CCNCC1. The molecule has 1 saturated heterocycles. The van der Waals surface area contributed by atoms with E-state index < -0.39 is 0 Å². The molecule has 96 valence electrons. The third-order valence-corrected chi connectivity index (χ3v) is 4.76. The van der Waals surface area contributed by atoms with Crippen LogP contribution in [0, 0.1) is 6.92 Å². The molecule has 0 aromatic carbocycles. The number of hydrogen-bond acceptors (Lipinski definition) is 4. The monoisotopic (exact) mass is 253 g/mol. The molecule has 2 heterocycles. The lowest BCUT2D eigenvalue weighted by Crippen LogP contribution is -2.48. The van der Waals surface area contributed by atoms with Gasteiger partial charge in [0, 0.05) is 43.1 Å².